The molecule has 7 heteroatoms. The fourth-order valence-electron chi connectivity index (χ4n) is 5.52. The van der Waals surface area contributed by atoms with Crippen LogP contribution in [0.15, 0.2) is 70.5 Å². The second-order valence-corrected chi connectivity index (χ2v) is 11.3. The number of rotatable bonds is 3. The van der Waals surface area contributed by atoms with Crippen LogP contribution in [0.4, 0.5) is 0 Å². The maximum atomic E-state index is 13.8. The standard InChI is InChI=1S/C28H31N3O3S/c1-5-23(28(2,3)4)29-17-31(30-15-14-21(32)26(33)25(30)27(29)34)24-19-11-7-6-10-18(19)16-35-22-13-9-8-12-20(22)24/h6-15,23-24,33H,5,16-17H2,1-4H3/t23-,24?/m1/s1. The number of hydrogen-bond donors (Lipinski definition) is 1. The van der Waals surface area contributed by atoms with E-state index in [-0.39, 0.29) is 29.1 Å². The molecule has 6 nitrogen and oxygen atoms in total. The van der Waals surface area contributed by atoms with Crippen LogP contribution in [0.3, 0.4) is 0 Å². The molecule has 0 saturated carbocycles. The van der Waals surface area contributed by atoms with Gasteiger partial charge in [0.25, 0.3) is 5.91 Å². The van der Waals surface area contributed by atoms with Crippen molar-refractivity contribution in [2.24, 2.45) is 5.41 Å². The monoisotopic (exact) mass is 489 g/mol. The number of carbonyl (C=O) groups is 1. The summed E-state index contributed by atoms with van der Waals surface area (Å²) in [5.74, 6) is 0.0329. The first-order valence-corrected chi connectivity index (χ1v) is 13.0. The number of aromatic nitrogens is 1. The van der Waals surface area contributed by atoms with Gasteiger partial charge in [-0.05, 0) is 34.6 Å². The van der Waals surface area contributed by atoms with Crippen LogP contribution in [0, 0.1) is 5.41 Å². The maximum Gasteiger partial charge on any atom is 0.278 e. The van der Waals surface area contributed by atoms with Crippen LogP contribution in [-0.2, 0) is 5.75 Å². The molecule has 0 saturated heterocycles. The first-order valence-electron chi connectivity index (χ1n) is 12.0. The molecular formula is C28H31N3O3S. The second kappa shape index (κ2) is 8.79. The third kappa shape index (κ3) is 3.92. The molecule has 1 aromatic heterocycles. The minimum Gasteiger partial charge on any atom is -0.502 e. The highest BCUT2D eigenvalue weighted by molar-refractivity contribution is 7.98. The summed E-state index contributed by atoms with van der Waals surface area (Å²) in [6.45, 7) is 8.78. The summed E-state index contributed by atoms with van der Waals surface area (Å²) >= 11 is 1.81. The molecule has 2 aromatic carbocycles. The van der Waals surface area contributed by atoms with Gasteiger partial charge in [0, 0.05) is 29.0 Å². The number of hydrogen-bond acceptors (Lipinski definition) is 5. The number of fused-ring (bicyclic) bond motifs is 3. The first-order chi connectivity index (χ1) is 16.7. The van der Waals surface area contributed by atoms with Crippen LogP contribution >= 0.6 is 11.8 Å². The molecule has 2 aliphatic heterocycles. The zero-order chi connectivity index (χ0) is 24.9. The predicted octanol–water partition coefficient (Wildman–Crippen LogP) is 5.13. The zero-order valence-electron chi connectivity index (χ0n) is 20.6. The van der Waals surface area contributed by atoms with E-state index >= 15 is 0 Å². The Morgan fingerprint density at radius 1 is 1.03 bits per heavy atom. The van der Waals surface area contributed by atoms with Crippen molar-refractivity contribution in [3.05, 3.63) is 93.4 Å². The van der Waals surface area contributed by atoms with E-state index in [9.17, 15) is 14.7 Å². The van der Waals surface area contributed by atoms with Crippen molar-refractivity contribution in [3.8, 4) is 5.75 Å². The van der Waals surface area contributed by atoms with E-state index in [1.165, 1.54) is 16.5 Å². The summed E-state index contributed by atoms with van der Waals surface area (Å²) in [5.41, 5.74) is 2.83. The second-order valence-electron chi connectivity index (χ2n) is 10.3. The van der Waals surface area contributed by atoms with Gasteiger partial charge < -0.3 is 10.0 Å². The molecule has 1 unspecified atom stereocenters. The lowest BCUT2D eigenvalue weighted by Crippen LogP contribution is -2.60. The molecule has 0 spiro atoms. The van der Waals surface area contributed by atoms with Crippen LogP contribution in [0.1, 0.15) is 67.3 Å². The minimum absolute atomic E-state index is 0.0262. The number of amides is 1. The molecule has 1 amide bonds. The average molecular weight is 490 g/mol. The zero-order valence-corrected chi connectivity index (χ0v) is 21.4. The van der Waals surface area contributed by atoms with Gasteiger partial charge >= 0.3 is 0 Å². The number of nitrogens with zero attached hydrogens (tertiary/aromatic N) is 3. The normalized spacial score (nSPS) is 18.4. The third-order valence-corrected chi connectivity index (χ3v) is 8.24. The molecule has 0 fully saturated rings. The van der Waals surface area contributed by atoms with Crippen molar-refractivity contribution < 1.29 is 9.90 Å². The van der Waals surface area contributed by atoms with E-state index in [2.05, 4.69) is 63.0 Å². The highest BCUT2D eigenvalue weighted by Crippen LogP contribution is 2.43. The molecule has 0 radical (unpaired) electrons. The number of thioether (sulfide) groups is 1. The van der Waals surface area contributed by atoms with E-state index in [1.807, 2.05) is 34.9 Å². The van der Waals surface area contributed by atoms with Gasteiger partial charge in [-0.15, -0.1) is 11.8 Å². The van der Waals surface area contributed by atoms with Gasteiger partial charge in [0.1, 0.15) is 6.67 Å². The Kier molecular flexibility index (Phi) is 5.91. The summed E-state index contributed by atoms with van der Waals surface area (Å²) in [7, 11) is 0. The van der Waals surface area contributed by atoms with Crippen LogP contribution in [0.25, 0.3) is 0 Å². The lowest BCUT2D eigenvalue weighted by Gasteiger charge is -2.49. The number of benzene rings is 2. The molecule has 182 valence electrons. The lowest BCUT2D eigenvalue weighted by atomic mass is 9.83. The molecule has 5 rings (SSSR count). The van der Waals surface area contributed by atoms with Crippen LogP contribution in [-0.4, -0.2) is 33.3 Å². The van der Waals surface area contributed by atoms with Crippen molar-refractivity contribution in [1.29, 1.82) is 0 Å². The SMILES string of the molecule is CC[C@@H](N1CN(C2c3ccccc3CSc3ccccc32)n2ccc(=O)c(O)c2C1=O)C(C)(C)C. The Hall–Kier alpha value is -3.19. The Bertz CT molecular complexity index is 1300. The molecule has 3 heterocycles. The van der Waals surface area contributed by atoms with Gasteiger partial charge in [-0.3, -0.25) is 19.3 Å². The van der Waals surface area contributed by atoms with Crippen LogP contribution in [0.2, 0.25) is 0 Å². The summed E-state index contributed by atoms with van der Waals surface area (Å²) in [4.78, 5) is 29.3. The maximum absolute atomic E-state index is 13.8. The van der Waals surface area contributed by atoms with Gasteiger partial charge in [0.05, 0.1) is 6.04 Å². The molecule has 0 bridgehead atoms. The van der Waals surface area contributed by atoms with E-state index in [4.69, 9.17) is 0 Å². The molecule has 2 aliphatic rings. The van der Waals surface area contributed by atoms with Gasteiger partial charge in [-0.1, -0.05) is 70.2 Å². The molecule has 3 aromatic rings. The van der Waals surface area contributed by atoms with Gasteiger partial charge in [0.2, 0.25) is 5.43 Å². The van der Waals surface area contributed by atoms with Gasteiger partial charge in [-0.2, -0.15) is 0 Å². The molecular weight excluding hydrogens is 458 g/mol. The predicted molar refractivity (Wildman–Crippen MR) is 139 cm³/mol. The Labute approximate surface area is 210 Å². The fourth-order valence-corrected chi connectivity index (χ4v) is 6.61. The topological polar surface area (TPSA) is 65.8 Å². The Morgan fingerprint density at radius 2 is 1.71 bits per heavy atom. The largest absolute Gasteiger partial charge is 0.502 e. The summed E-state index contributed by atoms with van der Waals surface area (Å²) < 4.78 is 1.69. The van der Waals surface area contributed by atoms with Crippen LogP contribution in [0.5, 0.6) is 5.75 Å². The quantitative estimate of drug-likeness (QED) is 0.553. The Morgan fingerprint density at radius 3 is 2.43 bits per heavy atom. The highest BCUT2D eigenvalue weighted by atomic mass is 32.2. The highest BCUT2D eigenvalue weighted by Gasteiger charge is 2.42. The van der Waals surface area contributed by atoms with E-state index < -0.39 is 11.2 Å². The van der Waals surface area contributed by atoms with E-state index in [0.29, 0.717) is 6.67 Å². The van der Waals surface area contributed by atoms with Crippen molar-refractivity contribution >= 4 is 17.7 Å². The van der Waals surface area contributed by atoms with Crippen molar-refractivity contribution in [2.45, 2.75) is 56.8 Å². The molecule has 0 aliphatic carbocycles. The Balaban J connectivity index is 1.77. The molecule has 2 atom stereocenters. The van der Waals surface area contributed by atoms with Crippen molar-refractivity contribution in [2.75, 3.05) is 11.7 Å². The number of pyridine rings is 1. The summed E-state index contributed by atoms with van der Waals surface area (Å²) in [6.07, 6.45) is 2.38. The summed E-state index contributed by atoms with van der Waals surface area (Å²) in [6, 6.07) is 17.8. The van der Waals surface area contributed by atoms with Crippen molar-refractivity contribution in [3.63, 3.8) is 0 Å². The lowest BCUT2D eigenvalue weighted by molar-refractivity contribution is 0.0403. The first kappa shape index (κ1) is 23.5. The smallest absolute Gasteiger partial charge is 0.278 e. The molecule has 1 N–H and O–H groups in total. The fraction of sp³-hybridized carbons (Fsp3) is 0.357. The van der Waals surface area contributed by atoms with E-state index in [1.54, 1.807) is 10.9 Å². The van der Waals surface area contributed by atoms with Gasteiger partial charge in [-0.25, -0.2) is 0 Å². The minimum atomic E-state index is -0.549. The van der Waals surface area contributed by atoms with E-state index in [0.717, 1.165) is 23.3 Å². The third-order valence-electron chi connectivity index (χ3n) is 7.10. The summed E-state index contributed by atoms with van der Waals surface area (Å²) in [5, 5.41) is 13.0. The van der Waals surface area contributed by atoms with Crippen molar-refractivity contribution in [1.82, 2.24) is 9.58 Å². The number of carbonyl (C=O) groups excluding carboxylic acids is 1. The molecule has 35 heavy (non-hydrogen) atoms. The average Bonchev–Trinajstić information content (AvgIpc) is 2.99. The van der Waals surface area contributed by atoms with Gasteiger partial charge in [0.15, 0.2) is 11.4 Å². The number of aromatic hydroxyl groups is 1. The van der Waals surface area contributed by atoms with Crippen LogP contribution < -0.4 is 10.4 Å².